The largest absolute Gasteiger partial charge is 0.468 e. The van der Waals surface area contributed by atoms with Crippen molar-refractivity contribution in [1.82, 2.24) is 4.90 Å². The van der Waals surface area contributed by atoms with E-state index in [2.05, 4.69) is 10.1 Å². The van der Waals surface area contributed by atoms with Crippen LogP contribution in [0, 0.1) is 0 Å². The number of methoxy groups -OCH3 is 1. The Bertz CT molecular complexity index is 685. The minimum absolute atomic E-state index is 0.00668. The van der Waals surface area contributed by atoms with Crippen LogP contribution in [0.5, 0.6) is 0 Å². The molecule has 0 aromatic heterocycles. The lowest BCUT2D eigenvalue weighted by Crippen LogP contribution is -2.36. The molecule has 1 rings (SSSR count). The summed E-state index contributed by atoms with van der Waals surface area (Å²) >= 11 is 6.53. The molecule has 0 aliphatic rings. The van der Waals surface area contributed by atoms with Gasteiger partial charge in [0.15, 0.2) is 0 Å². The summed E-state index contributed by atoms with van der Waals surface area (Å²) in [6.07, 6.45) is -4.65. The molecular formula is C15H16ClF3N2O4S. The Labute approximate surface area is 157 Å². The Morgan fingerprint density at radius 1 is 1.27 bits per heavy atom. The molecule has 0 unspecified atom stereocenters. The number of rotatable bonds is 7. The molecule has 0 heterocycles. The van der Waals surface area contributed by atoms with E-state index in [4.69, 9.17) is 11.6 Å². The van der Waals surface area contributed by atoms with Crippen molar-refractivity contribution in [2.24, 2.45) is 0 Å². The number of benzene rings is 1. The molecule has 0 fully saturated rings. The molecule has 0 atom stereocenters. The van der Waals surface area contributed by atoms with Gasteiger partial charge in [0.1, 0.15) is 0 Å². The number of halogens is 4. The van der Waals surface area contributed by atoms with Gasteiger partial charge in [0, 0.05) is 12.7 Å². The average Bonchev–Trinajstić information content (AvgIpc) is 2.55. The number of hydrogen-bond donors (Lipinski definition) is 1. The van der Waals surface area contributed by atoms with Crippen LogP contribution < -0.4 is 5.32 Å². The Morgan fingerprint density at radius 3 is 2.50 bits per heavy atom. The third-order valence-electron chi connectivity index (χ3n) is 3.04. The second-order valence-electron chi connectivity index (χ2n) is 5.06. The zero-order chi connectivity index (χ0) is 19.9. The van der Waals surface area contributed by atoms with E-state index in [-0.39, 0.29) is 23.7 Å². The van der Waals surface area contributed by atoms with E-state index in [0.717, 1.165) is 22.7 Å². The number of amides is 2. The molecule has 0 bridgehead atoms. The van der Waals surface area contributed by atoms with Gasteiger partial charge in [0.05, 0.1) is 35.7 Å². The lowest BCUT2D eigenvalue weighted by Gasteiger charge is -2.17. The number of nitrogens with one attached hydrogen (secondary N) is 1. The van der Waals surface area contributed by atoms with Crippen molar-refractivity contribution in [1.29, 1.82) is 0 Å². The van der Waals surface area contributed by atoms with Crippen LogP contribution in [-0.4, -0.2) is 54.9 Å². The number of hydrogen-bond acceptors (Lipinski definition) is 5. The van der Waals surface area contributed by atoms with Crippen molar-refractivity contribution >= 4 is 46.8 Å². The van der Waals surface area contributed by atoms with Crippen LogP contribution in [0.1, 0.15) is 5.56 Å². The molecule has 0 saturated carbocycles. The first-order valence-corrected chi connectivity index (χ1v) is 8.63. The number of nitrogens with zero attached hydrogens (tertiary/aromatic N) is 1. The average molecular weight is 413 g/mol. The fourth-order valence-corrected chi connectivity index (χ4v) is 2.72. The maximum absolute atomic E-state index is 12.8. The van der Waals surface area contributed by atoms with Gasteiger partial charge in [-0.15, -0.1) is 11.8 Å². The van der Waals surface area contributed by atoms with Gasteiger partial charge < -0.3 is 15.0 Å². The standard InChI is InChI=1S/C15H16ClF3N2O4S/c1-21(13(23)7-26-8-14(24)25-2)6-12(22)20-9-3-4-11(16)10(5-9)15(17,18)19/h3-5H,6-8H2,1-2H3,(H,20,22). The van der Waals surface area contributed by atoms with Gasteiger partial charge in [0.2, 0.25) is 11.8 Å². The molecule has 1 N–H and O–H groups in total. The summed E-state index contributed by atoms with van der Waals surface area (Å²) in [6, 6.07) is 2.97. The predicted octanol–water partition coefficient (Wildman–Crippen LogP) is 2.66. The minimum atomic E-state index is -4.65. The highest BCUT2D eigenvalue weighted by Crippen LogP contribution is 2.36. The van der Waals surface area contributed by atoms with Crippen LogP contribution in [0.2, 0.25) is 5.02 Å². The minimum Gasteiger partial charge on any atom is -0.468 e. The van der Waals surface area contributed by atoms with Crippen LogP contribution in [0.3, 0.4) is 0 Å². The van der Waals surface area contributed by atoms with Gasteiger partial charge in [-0.3, -0.25) is 14.4 Å². The summed E-state index contributed by atoms with van der Waals surface area (Å²) in [6.45, 7) is -0.360. The molecular weight excluding hydrogens is 397 g/mol. The number of carbonyl (C=O) groups is 3. The van der Waals surface area contributed by atoms with Gasteiger partial charge in [-0.1, -0.05) is 11.6 Å². The number of ether oxygens (including phenoxy) is 1. The summed E-state index contributed by atoms with van der Waals surface area (Å²) < 4.78 is 42.8. The zero-order valence-corrected chi connectivity index (χ0v) is 15.4. The van der Waals surface area contributed by atoms with Crippen molar-refractivity contribution in [2.45, 2.75) is 6.18 Å². The smallest absolute Gasteiger partial charge is 0.417 e. The first-order valence-electron chi connectivity index (χ1n) is 7.09. The van der Waals surface area contributed by atoms with Crippen molar-refractivity contribution in [3.8, 4) is 0 Å². The molecule has 11 heteroatoms. The highest BCUT2D eigenvalue weighted by atomic mass is 35.5. The molecule has 144 valence electrons. The third-order valence-corrected chi connectivity index (χ3v) is 4.26. The van der Waals surface area contributed by atoms with E-state index < -0.39 is 34.5 Å². The second kappa shape index (κ2) is 9.67. The molecule has 0 aliphatic heterocycles. The summed E-state index contributed by atoms with van der Waals surface area (Å²) in [5.41, 5.74) is -1.16. The van der Waals surface area contributed by atoms with E-state index in [0.29, 0.717) is 6.07 Å². The second-order valence-corrected chi connectivity index (χ2v) is 6.45. The quantitative estimate of drug-likeness (QED) is 0.697. The summed E-state index contributed by atoms with van der Waals surface area (Å²) in [4.78, 5) is 35.8. The van der Waals surface area contributed by atoms with E-state index >= 15 is 0 Å². The molecule has 0 radical (unpaired) electrons. The van der Waals surface area contributed by atoms with Crippen molar-refractivity contribution in [3.63, 3.8) is 0 Å². The van der Waals surface area contributed by atoms with Crippen molar-refractivity contribution < 1.29 is 32.3 Å². The Balaban J connectivity index is 2.58. The van der Waals surface area contributed by atoms with Crippen LogP contribution in [-0.2, 0) is 25.3 Å². The SMILES string of the molecule is COC(=O)CSCC(=O)N(C)CC(=O)Nc1ccc(Cl)c(C(F)(F)F)c1. The molecule has 26 heavy (non-hydrogen) atoms. The van der Waals surface area contributed by atoms with Crippen molar-refractivity contribution in [2.75, 3.05) is 37.5 Å². The highest BCUT2D eigenvalue weighted by molar-refractivity contribution is 8.00. The number of esters is 1. The summed E-state index contributed by atoms with van der Waals surface area (Å²) in [5, 5.41) is 1.80. The number of thioether (sulfide) groups is 1. The number of anilines is 1. The first-order chi connectivity index (χ1) is 12.0. The number of carbonyl (C=O) groups excluding carboxylic acids is 3. The topological polar surface area (TPSA) is 75.7 Å². The Hall–Kier alpha value is -1.94. The molecule has 2 amide bonds. The zero-order valence-electron chi connectivity index (χ0n) is 13.9. The van der Waals surface area contributed by atoms with Crippen LogP contribution in [0.4, 0.5) is 18.9 Å². The van der Waals surface area contributed by atoms with Gasteiger partial charge in [-0.05, 0) is 18.2 Å². The lowest BCUT2D eigenvalue weighted by atomic mass is 10.2. The Kier molecular flexibility index (Phi) is 8.22. The van der Waals surface area contributed by atoms with E-state index in [9.17, 15) is 27.6 Å². The molecule has 0 spiro atoms. The monoisotopic (exact) mass is 412 g/mol. The molecule has 1 aromatic rings. The normalized spacial score (nSPS) is 11.0. The highest BCUT2D eigenvalue weighted by Gasteiger charge is 2.33. The fourth-order valence-electron chi connectivity index (χ4n) is 1.72. The van der Waals surface area contributed by atoms with E-state index in [1.807, 2.05) is 0 Å². The first kappa shape index (κ1) is 22.1. The van der Waals surface area contributed by atoms with Gasteiger partial charge >= 0.3 is 12.1 Å². The van der Waals surface area contributed by atoms with Crippen LogP contribution in [0.25, 0.3) is 0 Å². The molecule has 0 saturated heterocycles. The van der Waals surface area contributed by atoms with Gasteiger partial charge in [-0.25, -0.2) is 0 Å². The van der Waals surface area contributed by atoms with Crippen LogP contribution in [0.15, 0.2) is 18.2 Å². The van der Waals surface area contributed by atoms with Gasteiger partial charge in [-0.2, -0.15) is 13.2 Å². The number of alkyl halides is 3. The molecule has 0 aliphatic carbocycles. The van der Waals surface area contributed by atoms with E-state index in [1.165, 1.54) is 20.2 Å². The van der Waals surface area contributed by atoms with Gasteiger partial charge in [0.25, 0.3) is 0 Å². The van der Waals surface area contributed by atoms with Crippen LogP contribution >= 0.6 is 23.4 Å². The Morgan fingerprint density at radius 2 is 1.92 bits per heavy atom. The van der Waals surface area contributed by atoms with E-state index in [1.54, 1.807) is 0 Å². The summed E-state index contributed by atoms with van der Waals surface area (Å²) in [5.74, 6) is -1.62. The predicted molar refractivity (Wildman–Crippen MR) is 92.1 cm³/mol. The summed E-state index contributed by atoms with van der Waals surface area (Å²) in [7, 11) is 2.59. The maximum atomic E-state index is 12.8. The maximum Gasteiger partial charge on any atom is 0.417 e. The van der Waals surface area contributed by atoms with Crippen molar-refractivity contribution in [3.05, 3.63) is 28.8 Å². The third kappa shape index (κ3) is 7.12. The number of likely N-dealkylation sites (N-methyl/N-ethyl adjacent to an activating group) is 1. The lowest BCUT2D eigenvalue weighted by molar-refractivity contribution is -0.138. The fraction of sp³-hybridized carbons (Fsp3) is 0.400. The molecule has 6 nitrogen and oxygen atoms in total. The molecule has 1 aromatic carbocycles.